The number of hydrogen-bond acceptors (Lipinski definition) is 3. The van der Waals surface area contributed by atoms with Gasteiger partial charge in [0.05, 0.1) is 12.5 Å². The van der Waals surface area contributed by atoms with Crippen LogP contribution in [0.3, 0.4) is 0 Å². The first-order valence-corrected chi connectivity index (χ1v) is 6.07. The summed E-state index contributed by atoms with van der Waals surface area (Å²) < 4.78 is 13.0. The van der Waals surface area contributed by atoms with Gasteiger partial charge in [-0.25, -0.2) is 10.3 Å². The van der Waals surface area contributed by atoms with Crippen molar-refractivity contribution in [1.82, 2.24) is 4.90 Å². The van der Waals surface area contributed by atoms with Crippen LogP contribution in [0.2, 0.25) is 0 Å². The molecule has 0 aromatic heterocycles. The van der Waals surface area contributed by atoms with Crippen LogP contribution in [0, 0.1) is 5.82 Å². The monoisotopic (exact) mass is 252 g/mol. The number of carbonyl (C=O) groups is 1. The van der Waals surface area contributed by atoms with Crippen LogP contribution >= 0.6 is 0 Å². The highest BCUT2D eigenvalue weighted by Gasteiger charge is 2.23. The van der Waals surface area contributed by atoms with Crippen LogP contribution in [-0.4, -0.2) is 30.0 Å². The molecule has 4 nitrogen and oxygen atoms in total. The fraction of sp³-hybridized carbons (Fsp3) is 0.462. The summed E-state index contributed by atoms with van der Waals surface area (Å²) >= 11 is 0. The third-order valence-corrected chi connectivity index (χ3v) is 3.17. The first-order chi connectivity index (χ1) is 8.69. The van der Waals surface area contributed by atoms with Gasteiger partial charge in [-0.3, -0.25) is 9.63 Å². The van der Waals surface area contributed by atoms with Crippen LogP contribution in [0.4, 0.5) is 4.39 Å². The molecule has 1 heterocycles. The highest BCUT2D eigenvalue weighted by atomic mass is 19.1. The maximum Gasteiger partial charge on any atom is 0.227 e. The molecule has 1 amide bonds. The number of halogens is 1. The average Bonchev–Trinajstić information content (AvgIpc) is 2.39. The fourth-order valence-electron chi connectivity index (χ4n) is 2.21. The average molecular weight is 252 g/mol. The maximum absolute atomic E-state index is 13.0. The van der Waals surface area contributed by atoms with E-state index in [2.05, 4.69) is 0 Å². The van der Waals surface area contributed by atoms with E-state index in [0.717, 1.165) is 12.8 Å². The number of hydrogen-bond donors (Lipinski definition) is 1. The predicted octanol–water partition coefficient (Wildman–Crippen LogP) is 1.25. The number of benzene rings is 1. The third-order valence-electron chi connectivity index (χ3n) is 3.17. The molecule has 5 heteroatoms. The Hall–Kier alpha value is -1.46. The molecule has 0 aliphatic carbocycles. The Bertz CT molecular complexity index is 425. The Morgan fingerprint density at radius 1 is 1.56 bits per heavy atom. The van der Waals surface area contributed by atoms with E-state index in [-0.39, 0.29) is 24.2 Å². The van der Waals surface area contributed by atoms with Crippen molar-refractivity contribution in [2.75, 3.05) is 13.1 Å². The Balaban J connectivity index is 1.95. The zero-order valence-corrected chi connectivity index (χ0v) is 10.1. The number of rotatable bonds is 3. The van der Waals surface area contributed by atoms with Gasteiger partial charge in [0.15, 0.2) is 0 Å². The standard InChI is InChI=1S/C13H17FN2O2/c14-11-4-1-3-10(7-11)8-13(17)16-6-2-5-12(9-16)18-15/h1,3-4,7,12H,2,5-6,8-9,15H2. The van der Waals surface area contributed by atoms with Crippen molar-refractivity contribution in [3.63, 3.8) is 0 Å². The molecule has 1 aliphatic rings. The summed E-state index contributed by atoms with van der Waals surface area (Å²) in [4.78, 5) is 18.6. The van der Waals surface area contributed by atoms with Gasteiger partial charge in [-0.15, -0.1) is 0 Å². The van der Waals surface area contributed by atoms with Gasteiger partial charge in [0.2, 0.25) is 5.91 Å². The molecule has 0 spiro atoms. The minimum Gasteiger partial charge on any atom is -0.340 e. The molecule has 1 aliphatic heterocycles. The van der Waals surface area contributed by atoms with Crippen LogP contribution < -0.4 is 5.90 Å². The minimum atomic E-state index is -0.317. The van der Waals surface area contributed by atoms with Crippen molar-refractivity contribution < 1.29 is 14.0 Å². The summed E-state index contributed by atoms with van der Waals surface area (Å²) in [6.45, 7) is 1.23. The molecule has 1 aromatic carbocycles. The Morgan fingerprint density at radius 2 is 2.39 bits per heavy atom. The molecule has 1 atom stereocenters. The zero-order valence-electron chi connectivity index (χ0n) is 10.1. The number of likely N-dealkylation sites (tertiary alicyclic amines) is 1. The van der Waals surface area contributed by atoms with E-state index in [1.165, 1.54) is 12.1 Å². The number of amides is 1. The topological polar surface area (TPSA) is 55.6 Å². The van der Waals surface area contributed by atoms with Crippen LogP contribution in [0.5, 0.6) is 0 Å². The first kappa shape index (κ1) is 13.0. The second kappa shape index (κ2) is 5.93. The van der Waals surface area contributed by atoms with E-state index < -0.39 is 0 Å². The van der Waals surface area contributed by atoms with Gasteiger partial charge in [-0.05, 0) is 30.5 Å². The summed E-state index contributed by atoms with van der Waals surface area (Å²) in [6.07, 6.45) is 1.89. The molecule has 1 fully saturated rings. The Labute approximate surface area is 105 Å². The second-order valence-corrected chi connectivity index (χ2v) is 4.55. The highest BCUT2D eigenvalue weighted by molar-refractivity contribution is 5.78. The summed E-state index contributed by atoms with van der Waals surface area (Å²) in [7, 11) is 0. The van der Waals surface area contributed by atoms with Crippen molar-refractivity contribution >= 4 is 5.91 Å². The van der Waals surface area contributed by atoms with E-state index >= 15 is 0 Å². The SMILES string of the molecule is NOC1CCCN(C(=O)Cc2cccc(F)c2)C1. The van der Waals surface area contributed by atoms with Gasteiger partial charge in [0.25, 0.3) is 0 Å². The molecule has 0 bridgehead atoms. The minimum absolute atomic E-state index is 0.0117. The van der Waals surface area contributed by atoms with E-state index in [0.29, 0.717) is 18.7 Å². The van der Waals surface area contributed by atoms with E-state index in [1.807, 2.05) is 0 Å². The molecule has 1 aromatic rings. The van der Waals surface area contributed by atoms with Gasteiger partial charge in [0, 0.05) is 13.1 Å². The normalized spacial score (nSPS) is 19.9. The van der Waals surface area contributed by atoms with Gasteiger partial charge < -0.3 is 4.90 Å². The van der Waals surface area contributed by atoms with Crippen molar-refractivity contribution in [1.29, 1.82) is 0 Å². The molecule has 1 unspecified atom stereocenters. The molecular formula is C13H17FN2O2. The Morgan fingerprint density at radius 3 is 3.11 bits per heavy atom. The van der Waals surface area contributed by atoms with Crippen molar-refractivity contribution in [3.8, 4) is 0 Å². The summed E-state index contributed by atoms with van der Waals surface area (Å²) in [5.74, 6) is 4.82. The lowest BCUT2D eigenvalue weighted by Crippen LogP contribution is -2.44. The van der Waals surface area contributed by atoms with Crippen molar-refractivity contribution in [3.05, 3.63) is 35.6 Å². The van der Waals surface area contributed by atoms with Gasteiger partial charge in [0.1, 0.15) is 5.82 Å². The van der Waals surface area contributed by atoms with Crippen molar-refractivity contribution in [2.45, 2.75) is 25.4 Å². The fourth-order valence-corrected chi connectivity index (χ4v) is 2.21. The molecule has 2 rings (SSSR count). The number of carbonyl (C=O) groups excluding carboxylic acids is 1. The molecule has 18 heavy (non-hydrogen) atoms. The van der Waals surface area contributed by atoms with Gasteiger partial charge in [-0.2, -0.15) is 0 Å². The van der Waals surface area contributed by atoms with E-state index in [9.17, 15) is 9.18 Å². The smallest absolute Gasteiger partial charge is 0.227 e. The molecule has 0 radical (unpaired) electrons. The van der Waals surface area contributed by atoms with Crippen LogP contribution in [0.1, 0.15) is 18.4 Å². The molecule has 0 saturated carbocycles. The van der Waals surface area contributed by atoms with Crippen molar-refractivity contribution in [2.24, 2.45) is 5.90 Å². The predicted molar refractivity (Wildman–Crippen MR) is 65.0 cm³/mol. The van der Waals surface area contributed by atoms with E-state index in [1.54, 1.807) is 17.0 Å². The summed E-state index contributed by atoms with van der Waals surface area (Å²) in [5, 5.41) is 0. The zero-order chi connectivity index (χ0) is 13.0. The second-order valence-electron chi connectivity index (χ2n) is 4.55. The molecular weight excluding hydrogens is 235 g/mol. The lowest BCUT2D eigenvalue weighted by Gasteiger charge is -2.31. The van der Waals surface area contributed by atoms with E-state index in [4.69, 9.17) is 10.7 Å². The highest BCUT2D eigenvalue weighted by Crippen LogP contribution is 2.14. The maximum atomic E-state index is 13.0. The molecule has 2 N–H and O–H groups in total. The number of nitrogens with two attached hydrogens (primary N) is 1. The lowest BCUT2D eigenvalue weighted by atomic mass is 10.1. The third kappa shape index (κ3) is 3.27. The summed E-state index contributed by atoms with van der Waals surface area (Å²) in [6, 6.07) is 6.12. The summed E-state index contributed by atoms with van der Waals surface area (Å²) in [5.41, 5.74) is 0.691. The number of piperidine rings is 1. The quantitative estimate of drug-likeness (QED) is 0.824. The number of nitrogens with zero attached hydrogens (tertiary/aromatic N) is 1. The Kier molecular flexibility index (Phi) is 4.28. The van der Waals surface area contributed by atoms with Gasteiger partial charge in [-0.1, -0.05) is 12.1 Å². The van der Waals surface area contributed by atoms with Crippen LogP contribution in [0.25, 0.3) is 0 Å². The van der Waals surface area contributed by atoms with Gasteiger partial charge >= 0.3 is 0 Å². The largest absolute Gasteiger partial charge is 0.340 e. The first-order valence-electron chi connectivity index (χ1n) is 6.07. The lowest BCUT2D eigenvalue weighted by molar-refractivity contribution is -0.134. The molecule has 98 valence electrons. The van der Waals surface area contributed by atoms with Crippen LogP contribution in [0.15, 0.2) is 24.3 Å². The van der Waals surface area contributed by atoms with Crippen LogP contribution in [-0.2, 0) is 16.1 Å². The molecule has 1 saturated heterocycles.